The van der Waals surface area contributed by atoms with Gasteiger partial charge in [-0.2, -0.15) is 9.97 Å². The molecule has 2 aromatic heterocycles. The Bertz CT molecular complexity index is 832. The van der Waals surface area contributed by atoms with Crippen LogP contribution in [0.3, 0.4) is 0 Å². The molecule has 0 atom stereocenters. The van der Waals surface area contributed by atoms with Gasteiger partial charge >= 0.3 is 0 Å². The highest BCUT2D eigenvalue weighted by Gasteiger charge is 2.24. The Labute approximate surface area is 165 Å². The molecule has 0 N–H and O–H groups in total. The van der Waals surface area contributed by atoms with Crippen molar-refractivity contribution >= 4 is 34.6 Å². The Balaban J connectivity index is 1.89. The molecule has 10 heteroatoms. The van der Waals surface area contributed by atoms with Crippen molar-refractivity contribution in [3.63, 3.8) is 0 Å². The zero-order valence-corrected chi connectivity index (χ0v) is 17.1. The second-order valence-electron chi connectivity index (χ2n) is 7.38. The molecule has 0 aromatic carbocycles. The lowest BCUT2D eigenvalue weighted by Gasteiger charge is -2.31. The van der Waals surface area contributed by atoms with Gasteiger partial charge in [-0.1, -0.05) is 0 Å². The number of fused-ring (bicyclic) bond motifs is 1. The third-order valence-electron chi connectivity index (χ3n) is 4.92. The van der Waals surface area contributed by atoms with Crippen molar-refractivity contribution in [1.82, 2.24) is 19.9 Å². The third-order valence-corrected chi connectivity index (χ3v) is 4.92. The van der Waals surface area contributed by atoms with Crippen molar-refractivity contribution in [2.24, 2.45) is 0 Å². The summed E-state index contributed by atoms with van der Waals surface area (Å²) in [6.07, 6.45) is 0. The fourth-order valence-corrected chi connectivity index (χ4v) is 3.40. The van der Waals surface area contributed by atoms with Crippen LogP contribution in [0.2, 0.25) is 0 Å². The van der Waals surface area contributed by atoms with E-state index >= 15 is 0 Å². The molecule has 4 heterocycles. The van der Waals surface area contributed by atoms with Crippen LogP contribution >= 0.6 is 0 Å². The highest BCUT2D eigenvalue weighted by Crippen LogP contribution is 2.31. The quantitative estimate of drug-likeness (QED) is 0.725. The first kappa shape index (κ1) is 18.9. The standard InChI is InChI=1S/C18H28N8O2/c1-23(2)16-17(24(3)4)20-14-13(19-16)15(25-5-9-27-10-6-25)22-18(21-14)26-7-11-28-12-8-26/h5-12H2,1-4H3. The van der Waals surface area contributed by atoms with Crippen LogP contribution in [0.5, 0.6) is 0 Å². The van der Waals surface area contributed by atoms with Crippen LogP contribution in [0.1, 0.15) is 0 Å². The number of hydrogen-bond donors (Lipinski definition) is 0. The van der Waals surface area contributed by atoms with Crippen LogP contribution in [0.4, 0.5) is 23.4 Å². The van der Waals surface area contributed by atoms with Crippen molar-refractivity contribution in [3.8, 4) is 0 Å². The topological polar surface area (TPSA) is 83.0 Å². The van der Waals surface area contributed by atoms with Gasteiger partial charge in [-0.25, -0.2) is 9.97 Å². The Morgan fingerprint density at radius 3 is 1.79 bits per heavy atom. The summed E-state index contributed by atoms with van der Waals surface area (Å²) in [6.45, 7) is 5.84. The fourth-order valence-electron chi connectivity index (χ4n) is 3.40. The SMILES string of the molecule is CN(C)c1nc2nc(N3CCOCC3)nc(N3CCOCC3)c2nc1N(C)C. The maximum Gasteiger partial charge on any atom is 0.229 e. The predicted molar refractivity (Wildman–Crippen MR) is 110 cm³/mol. The van der Waals surface area contributed by atoms with Crippen LogP contribution < -0.4 is 19.6 Å². The molecule has 0 unspecified atom stereocenters. The smallest absolute Gasteiger partial charge is 0.229 e. The van der Waals surface area contributed by atoms with E-state index in [1.165, 1.54) is 0 Å². The van der Waals surface area contributed by atoms with Crippen LogP contribution in [0.15, 0.2) is 0 Å². The summed E-state index contributed by atoms with van der Waals surface area (Å²) >= 11 is 0. The van der Waals surface area contributed by atoms with Gasteiger partial charge < -0.3 is 29.1 Å². The zero-order valence-electron chi connectivity index (χ0n) is 17.1. The van der Waals surface area contributed by atoms with Gasteiger partial charge in [-0.3, -0.25) is 0 Å². The largest absolute Gasteiger partial charge is 0.378 e. The molecule has 0 aliphatic carbocycles. The van der Waals surface area contributed by atoms with E-state index in [-0.39, 0.29) is 0 Å². The summed E-state index contributed by atoms with van der Waals surface area (Å²) in [5.74, 6) is 3.11. The molecular formula is C18H28N8O2. The second-order valence-corrected chi connectivity index (χ2v) is 7.38. The number of hydrogen-bond acceptors (Lipinski definition) is 10. The maximum absolute atomic E-state index is 5.53. The van der Waals surface area contributed by atoms with Gasteiger partial charge in [0.1, 0.15) is 0 Å². The monoisotopic (exact) mass is 388 g/mol. The molecular weight excluding hydrogens is 360 g/mol. The molecule has 0 spiro atoms. The number of morpholine rings is 2. The molecule has 0 bridgehead atoms. The van der Waals surface area contributed by atoms with Crippen molar-refractivity contribution in [2.75, 3.05) is 100 Å². The molecule has 2 aromatic rings. The normalized spacial score (nSPS) is 17.9. The first-order valence-electron chi connectivity index (χ1n) is 9.64. The van der Waals surface area contributed by atoms with Crippen molar-refractivity contribution in [3.05, 3.63) is 0 Å². The Morgan fingerprint density at radius 2 is 1.21 bits per heavy atom. The highest BCUT2D eigenvalue weighted by atomic mass is 16.5. The summed E-state index contributed by atoms with van der Waals surface area (Å²) in [7, 11) is 7.88. The minimum absolute atomic E-state index is 0.618. The van der Waals surface area contributed by atoms with Crippen LogP contribution in [0.25, 0.3) is 11.2 Å². The third kappa shape index (κ3) is 3.61. The van der Waals surface area contributed by atoms with Gasteiger partial charge in [0, 0.05) is 54.4 Å². The number of rotatable bonds is 4. The van der Waals surface area contributed by atoms with E-state index in [2.05, 4.69) is 9.80 Å². The number of ether oxygens (including phenoxy) is 2. The molecule has 2 aliphatic heterocycles. The van der Waals surface area contributed by atoms with E-state index in [1.54, 1.807) is 0 Å². The van der Waals surface area contributed by atoms with Crippen LogP contribution in [-0.4, -0.2) is 101 Å². The molecule has 4 rings (SSSR count). The van der Waals surface area contributed by atoms with E-state index in [0.717, 1.165) is 49.1 Å². The van der Waals surface area contributed by atoms with Gasteiger partial charge in [-0.05, 0) is 0 Å². The molecule has 0 amide bonds. The molecule has 28 heavy (non-hydrogen) atoms. The lowest BCUT2D eigenvalue weighted by Crippen LogP contribution is -2.39. The van der Waals surface area contributed by atoms with Crippen molar-refractivity contribution in [1.29, 1.82) is 0 Å². The molecule has 10 nitrogen and oxygen atoms in total. The average molecular weight is 388 g/mol. The van der Waals surface area contributed by atoms with E-state index in [9.17, 15) is 0 Å². The Kier molecular flexibility index (Phi) is 5.31. The summed E-state index contributed by atoms with van der Waals surface area (Å²) in [5, 5.41) is 0. The van der Waals surface area contributed by atoms with Gasteiger partial charge in [0.2, 0.25) is 5.95 Å². The number of aromatic nitrogens is 4. The van der Waals surface area contributed by atoms with E-state index in [4.69, 9.17) is 29.4 Å². The highest BCUT2D eigenvalue weighted by molar-refractivity contribution is 5.88. The summed E-state index contributed by atoms with van der Waals surface area (Å²) in [4.78, 5) is 27.8. The van der Waals surface area contributed by atoms with E-state index < -0.39 is 0 Å². The molecule has 152 valence electrons. The first-order valence-corrected chi connectivity index (χ1v) is 9.64. The molecule has 2 fully saturated rings. The first-order chi connectivity index (χ1) is 13.5. The Morgan fingerprint density at radius 1 is 0.679 bits per heavy atom. The van der Waals surface area contributed by atoms with Crippen molar-refractivity contribution in [2.45, 2.75) is 0 Å². The number of nitrogens with zero attached hydrogens (tertiary/aromatic N) is 8. The summed E-state index contributed by atoms with van der Waals surface area (Å²) < 4.78 is 11.0. The van der Waals surface area contributed by atoms with Crippen LogP contribution in [-0.2, 0) is 9.47 Å². The van der Waals surface area contributed by atoms with Crippen molar-refractivity contribution < 1.29 is 9.47 Å². The maximum atomic E-state index is 5.53. The van der Waals surface area contributed by atoms with Gasteiger partial charge in [0.05, 0.1) is 26.4 Å². The van der Waals surface area contributed by atoms with Crippen LogP contribution in [0, 0.1) is 0 Å². The minimum atomic E-state index is 0.618. The van der Waals surface area contributed by atoms with E-state index in [1.807, 2.05) is 38.0 Å². The summed E-state index contributed by atoms with van der Waals surface area (Å²) in [6, 6.07) is 0. The second kappa shape index (κ2) is 7.88. The zero-order chi connectivity index (χ0) is 19.7. The lowest BCUT2D eigenvalue weighted by atomic mass is 10.3. The van der Waals surface area contributed by atoms with Gasteiger partial charge in [0.15, 0.2) is 28.6 Å². The molecule has 2 saturated heterocycles. The fraction of sp³-hybridized carbons (Fsp3) is 0.667. The number of anilines is 4. The van der Waals surface area contributed by atoms with Gasteiger partial charge in [0.25, 0.3) is 0 Å². The predicted octanol–water partition coefficient (Wildman–Crippen LogP) is 0.225. The average Bonchev–Trinajstić information content (AvgIpc) is 2.73. The Hall–Kier alpha value is -2.46. The van der Waals surface area contributed by atoms with Gasteiger partial charge in [-0.15, -0.1) is 0 Å². The minimum Gasteiger partial charge on any atom is -0.378 e. The lowest BCUT2D eigenvalue weighted by molar-refractivity contribution is 0.121. The molecule has 0 radical (unpaired) electrons. The molecule has 0 saturated carbocycles. The van der Waals surface area contributed by atoms with E-state index in [0.29, 0.717) is 38.0 Å². The summed E-state index contributed by atoms with van der Waals surface area (Å²) in [5.41, 5.74) is 1.35. The molecule has 2 aliphatic rings.